The number of benzene rings is 1. The summed E-state index contributed by atoms with van der Waals surface area (Å²) in [5, 5.41) is 8.96. The Kier molecular flexibility index (Phi) is 3.69. The molecule has 0 atom stereocenters. The van der Waals surface area contributed by atoms with Crippen LogP contribution >= 0.6 is 0 Å². The fraction of sp³-hybridized carbons (Fsp3) is 0. The summed E-state index contributed by atoms with van der Waals surface area (Å²) in [6, 6.07) is 6.55. The summed E-state index contributed by atoms with van der Waals surface area (Å²) in [5.41, 5.74) is 0.336. The van der Waals surface area contributed by atoms with Crippen molar-refractivity contribution in [3.63, 3.8) is 0 Å². The van der Waals surface area contributed by atoms with Crippen LogP contribution in [0, 0.1) is 5.82 Å². The monoisotopic (exact) mass is 299 g/mol. The van der Waals surface area contributed by atoms with E-state index >= 15 is 0 Å². The van der Waals surface area contributed by atoms with Crippen molar-refractivity contribution in [3.05, 3.63) is 55.1 Å². The lowest BCUT2D eigenvalue weighted by Gasteiger charge is -2.07. The van der Waals surface area contributed by atoms with Gasteiger partial charge in [0.2, 0.25) is 0 Å². The molecule has 0 unspecified atom stereocenters. The summed E-state index contributed by atoms with van der Waals surface area (Å²) in [6.07, 6.45) is 4.12. The van der Waals surface area contributed by atoms with Crippen molar-refractivity contribution < 1.29 is 9.18 Å². The van der Waals surface area contributed by atoms with Crippen molar-refractivity contribution in [3.8, 4) is 5.82 Å². The van der Waals surface area contributed by atoms with Crippen LogP contribution in [0.1, 0.15) is 0 Å². The summed E-state index contributed by atoms with van der Waals surface area (Å²) in [5.74, 6) is 0.288. The van der Waals surface area contributed by atoms with Gasteiger partial charge in [-0.05, 0) is 18.2 Å². The van der Waals surface area contributed by atoms with Crippen molar-refractivity contribution in [1.82, 2.24) is 24.7 Å². The molecule has 0 aliphatic heterocycles. The van der Waals surface area contributed by atoms with Crippen LogP contribution in [0.25, 0.3) is 5.82 Å². The van der Waals surface area contributed by atoms with Crippen molar-refractivity contribution in [2.75, 3.05) is 10.6 Å². The average Bonchev–Trinajstić information content (AvgIpc) is 3.01. The van der Waals surface area contributed by atoms with E-state index < -0.39 is 11.8 Å². The number of amides is 2. The van der Waals surface area contributed by atoms with Crippen LogP contribution in [0.3, 0.4) is 0 Å². The van der Waals surface area contributed by atoms with Crippen LogP contribution in [0.4, 0.5) is 20.7 Å². The SMILES string of the molecule is O=C(Nc1cccc(F)c1)Nc1cc(-n2cncn2)ncn1. The summed E-state index contributed by atoms with van der Waals surface area (Å²) in [6.45, 7) is 0. The molecule has 2 N–H and O–H groups in total. The molecular formula is C13H10FN7O. The van der Waals surface area contributed by atoms with Gasteiger partial charge in [-0.1, -0.05) is 6.07 Å². The van der Waals surface area contributed by atoms with Gasteiger partial charge in [0.25, 0.3) is 0 Å². The van der Waals surface area contributed by atoms with Crippen LogP contribution in [0.15, 0.2) is 49.3 Å². The van der Waals surface area contributed by atoms with Crippen LogP contribution < -0.4 is 10.6 Å². The van der Waals surface area contributed by atoms with E-state index in [0.29, 0.717) is 11.5 Å². The number of anilines is 2. The number of nitrogens with zero attached hydrogens (tertiary/aromatic N) is 5. The molecule has 0 bridgehead atoms. The number of urea groups is 1. The molecule has 22 heavy (non-hydrogen) atoms. The van der Waals surface area contributed by atoms with E-state index in [4.69, 9.17) is 0 Å². The number of halogens is 1. The lowest BCUT2D eigenvalue weighted by atomic mass is 10.3. The van der Waals surface area contributed by atoms with E-state index in [9.17, 15) is 9.18 Å². The van der Waals surface area contributed by atoms with E-state index in [0.717, 1.165) is 0 Å². The second kappa shape index (κ2) is 5.95. The molecule has 9 heteroatoms. The second-order valence-electron chi connectivity index (χ2n) is 4.19. The van der Waals surface area contributed by atoms with Gasteiger partial charge in [-0.25, -0.2) is 28.8 Å². The Bertz CT molecular complexity index is 791. The zero-order valence-corrected chi connectivity index (χ0v) is 11.1. The standard InChI is InChI=1S/C13H10FN7O/c14-9-2-1-3-10(4-9)19-13(22)20-11-5-12(17-7-16-11)21-8-15-6-18-21/h1-8H,(H2,16,17,19,20,22). The molecule has 8 nitrogen and oxygen atoms in total. The van der Waals surface area contributed by atoms with E-state index in [1.807, 2.05) is 0 Å². The third-order valence-corrected chi connectivity index (χ3v) is 2.63. The first-order valence-electron chi connectivity index (χ1n) is 6.21. The van der Waals surface area contributed by atoms with Crippen LogP contribution in [0.5, 0.6) is 0 Å². The van der Waals surface area contributed by atoms with Crippen molar-refractivity contribution in [2.45, 2.75) is 0 Å². The number of hydrogen-bond acceptors (Lipinski definition) is 5. The minimum Gasteiger partial charge on any atom is -0.308 e. The van der Waals surface area contributed by atoms with Crippen molar-refractivity contribution in [2.24, 2.45) is 0 Å². The zero-order valence-electron chi connectivity index (χ0n) is 11.1. The number of carbonyl (C=O) groups excluding carboxylic acids is 1. The van der Waals surface area contributed by atoms with Gasteiger partial charge >= 0.3 is 6.03 Å². The maximum Gasteiger partial charge on any atom is 0.324 e. The summed E-state index contributed by atoms with van der Waals surface area (Å²) in [4.78, 5) is 23.6. The topological polar surface area (TPSA) is 97.6 Å². The zero-order chi connectivity index (χ0) is 15.4. The summed E-state index contributed by atoms with van der Waals surface area (Å²) in [7, 11) is 0. The third kappa shape index (κ3) is 3.20. The fourth-order valence-electron chi connectivity index (χ4n) is 1.71. The Morgan fingerprint density at radius 1 is 1.14 bits per heavy atom. The van der Waals surface area contributed by atoms with E-state index in [1.54, 1.807) is 6.07 Å². The Hall–Kier alpha value is -3.36. The van der Waals surface area contributed by atoms with Gasteiger partial charge < -0.3 is 5.32 Å². The highest BCUT2D eigenvalue weighted by atomic mass is 19.1. The van der Waals surface area contributed by atoms with Gasteiger partial charge in [-0.2, -0.15) is 5.10 Å². The average molecular weight is 299 g/mol. The Morgan fingerprint density at radius 2 is 2.05 bits per heavy atom. The maximum absolute atomic E-state index is 13.0. The molecule has 2 heterocycles. The molecule has 0 radical (unpaired) electrons. The highest BCUT2D eigenvalue weighted by molar-refractivity contribution is 5.99. The smallest absolute Gasteiger partial charge is 0.308 e. The van der Waals surface area contributed by atoms with E-state index in [-0.39, 0.29) is 5.82 Å². The number of rotatable bonds is 3. The van der Waals surface area contributed by atoms with Gasteiger partial charge in [0.15, 0.2) is 5.82 Å². The fourth-order valence-corrected chi connectivity index (χ4v) is 1.71. The van der Waals surface area contributed by atoms with Gasteiger partial charge in [0.1, 0.15) is 30.6 Å². The largest absolute Gasteiger partial charge is 0.324 e. The molecular weight excluding hydrogens is 289 g/mol. The lowest BCUT2D eigenvalue weighted by molar-refractivity contribution is 0.262. The first kappa shape index (κ1) is 13.6. The molecule has 2 amide bonds. The quantitative estimate of drug-likeness (QED) is 0.769. The first-order chi connectivity index (χ1) is 10.7. The van der Waals surface area contributed by atoms with Crippen LogP contribution in [-0.4, -0.2) is 30.8 Å². The van der Waals surface area contributed by atoms with Crippen LogP contribution in [0.2, 0.25) is 0 Å². The highest BCUT2D eigenvalue weighted by Crippen LogP contribution is 2.11. The summed E-state index contributed by atoms with van der Waals surface area (Å²) < 4.78 is 14.5. The third-order valence-electron chi connectivity index (χ3n) is 2.63. The minimum absolute atomic E-state index is 0.273. The van der Waals surface area contributed by atoms with Gasteiger partial charge in [-0.3, -0.25) is 5.32 Å². The molecule has 3 aromatic rings. The molecule has 2 aromatic heterocycles. The molecule has 0 aliphatic carbocycles. The second-order valence-corrected chi connectivity index (χ2v) is 4.19. The predicted octanol–water partition coefficient (Wildman–Crippen LogP) is 1.84. The number of nitrogens with one attached hydrogen (secondary N) is 2. The highest BCUT2D eigenvalue weighted by Gasteiger charge is 2.06. The van der Waals surface area contributed by atoms with Gasteiger partial charge in [0.05, 0.1) is 0 Å². The number of hydrogen-bond donors (Lipinski definition) is 2. The molecule has 0 saturated heterocycles. The van der Waals surface area contributed by atoms with Crippen molar-refractivity contribution >= 4 is 17.5 Å². The molecule has 0 fully saturated rings. The number of aromatic nitrogens is 5. The Morgan fingerprint density at radius 3 is 2.82 bits per heavy atom. The predicted molar refractivity (Wildman–Crippen MR) is 76.0 cm³/mol. The molecule has 0 aliphatic rings. The molecule has 0 saturated carbocycles. The minimum atomic E-state index is -0.547. The van der Waals surface area contributed by atoms with Gasteiger partial charge in [0, 0.05) is 11.8 Å². The lowest BCUT2D eigenvalue weighted by Crippen LogP contribution is -2.20. The normalized spacial score (nSPS) is 10.2. The molecule has 0 spiro atoms. The van der Waals surface area contributed by atoms with Gasteiger partial charge in [-0.15, -0.1) is 0 Å². The van der Waals surface area contributed by atoms with E-state index in [1.165, 1.54) is 47.9 Å². The Balaban J connectivity index is 1.70. The van der Waals surface area contributed by atoms with Crippen LogP contribution in [-0.2, 0) is 0 Å². The molecule has 3 rings (SSSR count). The van der Waals surface area contributed by atoms with Crippen molar-refractivity contribution in [1.29, 1.82) is 0 Å². The molecule has 1 aromatic carbocycles. The maximum atomic E-state index is 13.0. The van der Waals surface area contributed by atoms with E-state index in [2.05, 4.69) is 30.7 Å². The molecule has 110 valence electrons. The summed E-state index contributed by atoms with van der Waals surface area (Å²) >= 11 is 0. The first-order valence-corrected chi connectivity index (χ1v) is 6.21. The number of carbonyl (C=O) groups is 1. The Labute approximate surface area is 124 Å².